The van der Waals surface area contributed by atoms with Crippen molar-refractivity contribution < 1.29 is 23.5 Å². The molecule has 0 aromatic heterocycles. The molecule has 2 N–H and O–H groups in total. The van der Waals surface area contributed by atoms with Gasteiger partial charge in [0.05, 0.1) is 0 Å². The molecule has 0 saturated heterocycles. The number of hydrogen-bond donors (Lipinski definition) is 2. The number of carbonyl (C=O) groups excluding carboxylic acids is 1. The zero-order valence-corrected chi connectivity index (χ0v) is 16.9. The quantitative estimate of drug-likeness (QED) is 0.544. The van der Waals surface area contributed by atoms with Gasteiger partial charge in [0.25, 0.3) is 0 Å². The van der Waals surface area contributed by atoms with Crippen LogP contribution in [-0.2, 0) is 26.1 Å². The Morgan fingerprint density at radius 1 is 1.11 bits per heavy atom. The fourth-order valence-electron chi connectivity index (χ4n) is 2.34. The second-order valence-corrected chi connectivity index (χ2v) is 8.81. The van der Waals surface area contributed by atoms with Gasteiger partial charge in [-0.3, -0.25) is 4.79 Å². The van der Waals surface area contributed by atoms with E-state index in [1.54, 1.807) is 12.1 Å². The number of benzene rings is 2. The second-order valence-electron chi connectivity index (χ2n) is 7.33. The first-order valence-electron chi connectivity index (χ1n) is 8.68. The molecule has 0 aliphatic rings. The largest absolute Gasteiger partial charge is 0.460 e. The van der Waals surface area contributed by atoms with E-state index in [0.29, 0.717) is 0 Å². The van der Waals surface area contributed by atoms with Crippen LogP contribution in [0.2, 0.25) is 0 Å². The summed E-state index contributed by atoms with van der Waals surface area (Å²) in [7, 11) is -4.23. The van der Waals surface area contributed by atoms with Crippen molar-refractivity contribution >= 4 is 13.7 Å². The highest BCUT2D eigenvalue weighted by Crippen LogP contribution is 2.39. The molecule has 1 unspecified atom stereocenters. The monoisotopic (exact) mass is 391 g/mol. The molecule has 0 heterocycles. The lowest BCUT2D eigenvalue weighted by atomic mass is 9.87. The third kappa shape index (κ3) is 6.83. The van der Waals surface area contributed by atoms with Gasteiger partial charge in [-0.15, -0.1) is 0 Å². The Morgan fingerprint density at radius 2 is 1.70 bits per heavy atom. The summed E-state index contributed by atoms with van der Waals surface area (Å²) in [5.41, 5.74) is 1.88. The normalized spacial score (nSPS) is 14.9. The van der Waals surface area contributed by atoms with Crippen LogP contribution in [0.1, 0.15) is 38.8 Å². The molecule has 0 radical (unpaired) electrons. The maximum atomic E-state index is 12.3. The number of carbonyl (C=O) groups is 1. The fraction of sp³-hybridized carbons (Fsp3) is 0.350. The number of nitrogens with one attached hydrogen (secondary N) is 1. The van der Waals surface area contributed by atoms with Crippen molar-refractivity contribution in [3.8, 4) is 5.75 Å². The molecule has 146 valence electrons. The van der Waals surface area contributed by atoms with E-state index in [-0.39, 0.29) is 17.8 Å². The zero-order valence-electron chi connectivity index (χ0n) is 16.0. The number of hydrogen-bond acceptors (Lipinski definition) is 4. The SMILES string of the molecule is C[C@H](NP(=O)(O)Oc1ccc(C(C)(C)C)cc1)C(=O)OCc1ccccc1. The van der Waals surface area contributed by atoms with Gasteiger partial charge in [0.2, 0.25) is 0 Å². The Hall–Kier alpha value is -2.14. The minimum absolute atomic E-state index is 0.0310. The number of esters is 1. The summed E-state index contributed by atoms with van der Waals surface area (Å²) in [5.74, 6) is -0.397. The van der Waals surface area contributed by atoms with Crippen molar-refractivity contribution in [1.82, 2.24) is 5.09 Å². The lowest BCUT2D eigenvalue weighted by Gasteiger charge is -2.21. The standard InChI is InChI=1S/C20H26NO5P/c1-15(19(22)25-14-16-8-6-5-7-9-16)21-27(23,24)26-18-12-10-17(11-13-18)20(2,3)4/h5-13,15H,14H2,1-4H3,(H2,21,23,24)/t15-/m0/s1. The first-order chi connectivity index (χ1) is 12.6. The summed E-state index contributed by atoms with van der Waals surface area (Å²) in [5, 5.41) is 2.30. The molecule has 2 atom stereocenters. The van der Waals surface area contributed by atoms with E-state index < -0.39 is 19.8 Å². The van der Waals surface area contributed by atoms with Crippen LogP contribution >= 0.6 is 7.75 Å². The highest BCUT2D eigenvalue weighted by molar-refractivity contribution is 7.51. The average molecular weight is 391 g/mol. The molecule has 0 spiro atoms. The fourth-order valence-corrected chi connectivity index (χ4v) is 3.39. The van der Waals surface area contributed by atoms with E-state index in [1.807, 2.05) is 42.5 Å². The first-order valence-corrected chi connectivity index (χ1v) is 10.3. The molecule has 0 bridgehead atoms. The second kappa shape index (κ2) is 8.70. The molecule has 2 aromatic rings. The van der Waals surface area contributed by atoms with Gasteiger partial charge in [-0.1, -0.05) is 63.2 Å². The van der Waals surface area contributed by atoms with Crippen LogP contribution in [0.3, 0.4) is 0 Å². The molecule has 7 heteroatoms. The summed E-state index contributed by atoms with van der Waals surface area (Å²) in [6, 6.07) is 15.1. The topological polar surface area (TPSA) is 84.9 Å². The van der Waals surface area contributed by atoms with Crippen LogP contribution in [-0.4, -0.2) is 16.9 Å². The smallest absolute Gasteiger partial charge is 0.456 e. The molecule has 0 saturated carbocycles. The molecule has 0 amide bonds. The third-order valence-corrected chi connectivity index (χ3v) is 5.06. The van der Waals surface area contributed by atoms with Crippen LogP contribution in [0, 0.1) is 0 Å². The van der Waals surface area contributed by atoms with E-state index in [4.69, 9.17) is 9.26 Å². The lowest BCUT2D eigenvalue weighted by Crippen LogP contribution is -2.34. The van der Waals surface area contributed by atoms with Crippen LogP contribution in [0.15, 0.2) is 54.6 Å². The van der Waals surface area contributed by atoms with Crippen molar-refractivity contribution in [1.29, 1.82) is 0 Å². The van der Waals surface area contributed by atoms with Crippen molar-refractivity contribution in [2.45, 2.75) is 45.8 Å². The van der Waals surface area contributed by atoms with Gasteiger partial charge in [-0.2, -0.15) is 5.09 Å². The third-order valence-electron chi connectivity index (χ3n) is 3.88. The summed E-state index contributed by atoms with van der Waals surface area (Å²) in [6.07, 6.45) is 0. The highest BCUT2D eigenvalue weighted by Gasteiger charge is 2.28. The molecule has 6 nitrogen and oxygen atoms in total. The van der Waals surface area contributed by atoms with Crippen molar-refractivity contribution in [2.24, 2.45) is 0 Å². The summed E-state index contributed by atoms with van der Waals surface area (Å²) in [6.45, 7) is 7.76. The molecule has 0 fully saturated rings. The first kappa shape index (κ1) is 21.2. The van der Waals surface area contributed by atoms with Crippen LogP contribution in [0.5, 0.6) is 5.75 Å². The molecular weight excluding hydrogens is 365 g/mol. The van der Waals surface area contributed by atoms with Gasteiger partial charge >= 0.3 is 13.7 Å². The van der Waals surface area contributed by atoms with E-state index in [0.717, 1.165) is 11.1 Å². The molecule has 2 aromatic carbocycles. The van der Waals surface area contributed by atoms with Gasteiger partial charge in [0.1, 0.15) is 18.4 Å². The Morgan fingerprint density at radius 3 is 2.26 bits per heavy atom. The van der Waals surface area contributed by atoms with Crippen LogP contribution < -0.4 is 9.61 Å². The van der Waals surface area contributed by atoms with E-state index in [1.165, 1.54) is 6.92 Å². The van der Waals surface area contributed by atoms with Gasteiger partial charge in [0.15, 0.2) is 0 Å². The Balaban J connectivity index is 1.90. The van der Waals surface area contributed by atoms with Gasteiger partial charge in [-0.05, 0) is 35.6 Å². The van der Waals surface area contributed by atoms with Crippen molar-refractivity contribution in [2.75, 3.05) is 0 Å². The molecule has 2 rings (SSSR count). The predicted molar refractivity (Wildman–Crippen MR) is 104 cm³/mol. The number of rotatable bonds is 7. The van der Waals surface area contributed by atoms with Gasteiger partial charge < -0.3 is 14.2 Å². The Bertz CT molecular complexity index is 799. The van der Waals surface area contributed by atoms with Gasteiger partial charge in [-0.25, -0.2) is 4.57 Å². The molecular formula is C20H26NO5P. The Kier molecular flexibility index (Phi) is 6.82. The summed E-state index contributed by atoms with van der Waals surface area (Å²) >= 11 is 0. The van der Waals surface area contributed by atoms with Crippen LogP contribution in [0.4, 0.5) is 0 Å². The highest BCUT2D eigenvalue weighted by atomic mass is 31.2. The minimum Gasteiger partial charge on any atom is -0.460 e. The van der Waals surface area contributed by atoms with E-state index in [9.17, 15) is 14.3 Å². The Labute approximate surface area is 160 Å². The molecule has 0 aliphatic heterocycles. The van der Waals surface area contributed by atoms with Crippen LogP contribution in [0.25, 0.3) is 0 Å². The maximum absolute atomic E-state index is 12.3. The van der Waals surface area contributed by atoms with E-state index in [2.05, 4.69) is 25.9 Å². The number of ether oxygens (including phenoxy) is 1. The zero-order chi connectivity index (χ0) is 20.1. The van der Waals surface area contributed by atoms with Crippen molar-refractivity contribution in [3.63, 3.8) is 0 Å². The lowest BCUT2D eigenvalue weighted by molar-refractivity contribution is -0.146. The minimum atomic E-state index is -4.23. The predicted octanol–water partition coefficient (Wildman–Crippen LogP) is 4.18. The summed E-state index contributed by atoms with van der Waals surface area (Å²) in [4.78, 5) is 22.0. The van der Waals surface area contributed by atoms with E-state index >= 15 is 0 Å². The molecule has 0 aliphatic carbocycles. The van der Waals surface area contributed by atoms with Gasteiger partial charge in [0, 0.05) is 0 Å². The van der Waals surface area contributed by atoms with Crippen molar-refractivity contribution in [3.05, 3.63) is 65.7 Å². The average Bonchev–Trinajstić information content (AvgIpc) is 2.59. The molecule has 27 heavy (non-hydrogen) atoms. The maximum Gasteiger partial charge on any atom is 0.456 e. The summed E-state index contributed by atoms with van der Waals surface area (Å²) < 4.78 is 22.6.